The number of nitrogens with zero attached hydrogens (tertiary/aromatic N) is 1. The molecule has 2 N–H and O–H groups in total. The van der Waals surface area contributed by atoms with Gasteiger partial charge in [-0.05, 0) is 55.3 Å². The first-order valence-corrected chi connectivity index (χ1v) is 10.0. The molecule has 0 atom stereocenters. The highest BCUT2D eigenvalue weighted by Gasteiger charge is 2.13. The Kier molecular flexibility index (Phi) is 7.39. The van der Waals surface area contributed by atoms with Gasteiger partial charge in [0.05, 0.1) is 0 Å². The van der Waals surface area contributed by atoms with Gasteiger partial charge < -0.3 is 15.4 Å². The number of anilines is 2. The molecule has 3 aromatic carbocycles. The summed E-state index contributed by atoms with van der Waals surface area (Å²) in [5.74, 6) is -0.441. The van der Waals surface area contributed by atoms with Gasteiger partial charge in [0.25, 0.3) is 11.8 Å². The number of nitriles is 1. The lowest BCUT2D eigenvalue weighted by molar-refractivity contribution is -0.118. The Bertz CT molecular complexity index is 1190. The van der Waals surface area contributed by atoms with E-state index < -0.39 is 5.91 Å². The average Bonchev–Trinajstić information content (AvgIpc) is 2.80. The number of carbonyl (C=O) groups excluding carboxylic acids is 2. The Labute approximate surface area is 187 Å². The van der Waals surface area contributed by atoms with Gasteiger partial charge in [0.15, 0.2) is 6.61 Å². The van der Waals surface area contributed by atoms with Crippen LogP contribution in [0.25, 0.3) is 6.08 Å². The molecule has 6 nitrogen and oxygen atoms in total. The summed E-state index contributed by atoms with van der Waals surface area (Å²) in [6, 6.07) is 23.5. The molecule has 3 aromatic rings. The number of amides is 2. The quantitative estimate of drug-likeness (QED) is 0.417. The van der Waals surface area contributed by atoms with Gasteiger partial charge in [-0.25, -0.2) is 0 Å². The number of benzene rings is 3. The molecule has 0 radical (unpaired) electrons. The molecule has 0 saturated carbocycles. The molecule has 2 amide bonds. The standard InChI is InChI=1S/C26H23N3O3/c1-18-9-8-13-23(19(18)2)29-26(31)21(16-27)15-20-10-6-7-14-24(20)32-17-25(30)28-22-11-4-3-5-12-22/h3-15H,17H2,1-2H3,(H,28,30)(H,29,31)/b21-15+. The van der Waals surface area contributed by atoms with Crippen molar-refractivity contribution in [1.29, 1.82) is 5.26 Å². The number of aryl methyl sites for hydroxylation is 1. The van der Waals surface area contributed by atoms with Gasteiger partial charge in [-0.2, -0.15) is 5.26 Å². The SMILES string of the molecule is Cc1cccc(NC(=O)/C(C#N)=C/c2ccccc2OCC(=O)Nc2ccccc2)c1C. The van der Waals surface area contributed by atoms with E-state index in [9.17, 15) is 14.9 Å². The maximum Gasteiger partial charge on any atom is 0.266 e. The zero-order chi connectivity index (χ0) is 22.9. The normalized spacial score (nSPS) is 10.7. The minimum Gasteiger partial charge on any atom is -0.483 e. The van der Waals surface area contributed by atoms with Crippen molar-refractivity contribution in [3.63, 3.8) is 0 Å². The fourth-order valence-corrected chi connectivity index (χ4v) is 2.97. The smallest absolute Gasteiger partial charge is 0.266 e. The van der Waals surface area contributed by atoms with Crippen LogP contribution in [0.1, 0.15) is 16.7 Å². The number of para-hydroxylation sites is 2. The van der Waals surface area contributed by atoms with Crippen molar-refractivity contribution >= 4 is 29.3 Å². The zero-order valence-electron chi connectivity index (χ0n) is 17.9. The minimum atomic E-state index is -0.516. The van der Waals surface area contributed by atoms with Crippen molar-refractivity contribution in [2.24, 2.45) is 0 Å². The van der Waals surface area contributed by atoms with Crippen LogP contribution in [0.4, 0.5) is 11.4 Å². The number of rotatable bonds is 7. The van der Waals surface area contributed by atoms with Gasteiger partial charge in [-0.15, -0.1) is 0 Å². The van der Waals surface area contributed by atoms with Crippen molar-refractivity contribution in [2.45, 2.75) is 13.8 Å². The third-order valence-electron chi connectivity index (χ3n) is 4.85. The van der Waals surface area contributed by atoms with Gasteiger partial charge in [0.1, 0.15) is 17.4 Å². The first kappa shape index (κ1) is 22.3. The highest BCUT2D eigenvalue weighted by Crippen LogP contribution is 2.23. The molecule has 0 fully saturated rings. The Hall–Kier alpha value is -4.37. The van der Waals surface area contributed by atoms with E-state index in [1.165, 1.54) is 6.08 Å². The van der Waals surface area contributed by atoms with Crippen molar-refractivity contribution < 1.29 is 14.3 Å². The predicted molar refractivity (Wildman–Crippen MR) is 125 cm³/mol. The molecule has 0 heterocycles. The number of hydrogen-bond donors (Lipinski definition) is 2. The molecule has 0 saturated heterocycles. The van der Waals surface area contributed by atoms with Crippen LogP contribution in [-0.2, 0) is 9.59 Å². The molecular weight excluding hydrogens is 402 g/mol. The third-order valence-corrected chi connectivity index (χ3v) is 4.85. The van der Waals surface area contributed by atoms with Gasteiger partial charge in [0.2, 0.25) is 0 Å². The highest BCUT2D eigenvalue weighted by atomic mass is 16.5. The molecule has 160 valence electrons. The van der Waals surface area contributed by atoms with Crippen molar-refractivity contribution in [3.05, 3.63) is 95.1 Å². The summed E-state index contributed by atoms with van der Waals surface area (Å²) in [5.41, 5.74) is 3.75. The van der Waals surface area contributed by atoms with E-state index in [-0.39, 0.29) is 18.1 Å². The molecule has 3 rings (SSSR count). The van der Waals surface area contributed by atoms with Crippen LogP contribution in [0.5, 0.6) is 5.75 Å². The lowest BCUT2D eigenvalue weighted by Crippen LogP contribution is -2.20. The molecule has 0 spiro atoms. The monoisotopic (exact) mass is 425 g/mol. The first-order chi connectivity index (χ1) is 15.5. The van der Waals surface area contributed by atoms with E-state index in [4.69, 9.17) is 4.74 Å². The second-order valence-electron chi connectivity index (χ2n) is 7.11. The van der Waals surface area contributed by atoms with Crippen molar-refractivity contribution in [1.82, 2.24) is 0 Å². The van der Waals surface area contributed by atoms with Gasteiger partial charge in [-0.3, -0.25) is 9.59 Å². The maximum absolute atomic E-state index is 12.7. The number of nitrogens with one attached hydrogen (secondary N) is 2. The summed E-state index contributed by atoms with van der Waals surface area (Å²) >= 11 is 0. The molecule has 0 aliphatic heterocycles. The molecule has 32 heavy (non-hydrogen) atoms. The van der Waals surface area contributed by atoms with Crippen molar-refractivity contribution in [2.75, 3.05) is 17.2 Å². The van der Waals surface area contributed by atoms with Gasteiger partial charge in [0, 0.05) is 16.9 Å². The fraction of sp³-hybridized carbons (Fsp3) is 0.115. The Balaban J connectivity index is 1.72. The minimum absolute atomic E-state index is 0.0734. The van der Waals surface area contributed by atoms with Crippen molar-refractivity contribution in [3.8, 4) is 11.8 Å². The van der Waals surface area contributed by atoms with E-state index in [1.54, 1.807) is 42.5 Å². The molecule has 0 unspecified atom stereocenters. The predicted octanol–water partition coefficient (Wildman–Crippen LogP) is 4.87. The van der Waals surface area contributed by atoms with Crippen LogP contribution in [0.3, 0.4) is 0 Å². The molecule has 6 heteroatoms. The Morgan fingerprint density at radius 1 is 0.938 bits per heavy atom. The largest absolute Gasteiger partial charge is 0.483 e. The van der Waals surface area contributed by atoms with Gasteiger partial charge >= 0.3 is 0 Å². The summed E-state index contributed by atoms with van der Waals surface area (Å²) in [4.78, 5) is 24.9. The Morgan fingerprint density at radius 3 is 2.41 bits per heavy atom. The summed E-state index contributed by atoms with van der Waals surface area (Å²) in [6.45, 7) is 3.65. The number of hydrogen-bond acceptors (Lipinski definition) is 4. The third kappa shape index (κ3) is 5.83. The molecule has 0 bridgehead atoms. The van der Waals surface area contributed by atoms with Crippen LogP contribution in [0, 0.1) is 25.2 Å². The molecule has 0 aliphatic carbocycles. The maximum atomic E-state index is 12.7. The van der Waals surface area contributed by atoms with E-state index >= 15 is 0 Å². The van der Waals surface area contributed by atoms with E-state index in [0.717, 1.165) is 11.1 Å². The second-order valence-corrected chi connectivity index (χ2v) is 7.11. The lowest BCUT2D eigenvalue weighted by atomic mass is 10.1. The average molecular weight is 425 g/mol. The lowest BCUT2D eigenvalue weighted by Gasteiger charge is -2.11. The highest BCUT2D eigenvalue weighted by molar-refractivity contribution is 6.10. The van der Waals surface area contributed by atoms with E-state index in [0.29, 0.717) is 22.7 Å². The first-order valence-electron chi connectivity index (χ1n) is 10.0. The molecular formula is C26H23N3O3. The van der Waals surface area contributed by atoms with Crippen LogP contribution in [0.15, 0.2) is 78.4 Å². The van der Waals surface area contributed by atoms with Crippen LogP contribution < -0.4 is 15.4 Å². The number of ether oxygens (including phenoxy) is 1. The van der Waals surface area contributed by atoms with Gasteiger partial charge in [-0.1, -0.05) is 48.5 Å². The van der Waals surface area contributed by atoms with Crippen LogP contribution >= 0.6 is 0 Å². The Morgan fingerprint density at radius 2 is 1.66 bits per heavy atom. The molecule has 0 aliphatic rings. The molecule has 0 aromatic heterocycles. The van der Waals surface area contributed by atoms with Crippen LogP contribution in [0.2, 0.25) is 0 Å². The summed E-state index contributed by atoms with van der Waals surface area (Å²) < 4.78 is 5.65. The zero-order valence-corrected chi connectivity index (χ0v) is 17.9. The summed E-state index contributed by atoms with van der Waals surface area (Å²) in [5, 5.41) is 15.1. The summed E-state index contributed by atoms with van der Waals surface area (Å²) in [6.07, 6.45) is 1.45. The summed E-state index contributed by atoms with van der Waals surface area (Å²) in [7, 11) is 0. The fourth-order valence-electron chi connectivity index (χ4n) is 2.97. The van der Waals surface area contributed by atoms with Crippen LogP contribution in [-0.4, -0.2) is 18.4 Å². The van der Waals surface area contributed by atoms with E-state index in [2.05, 4.69) is 10.6 Å². The second kappa shape index (κ2) is 10.6. The van der Waals surface area contributed by atoms with E-state index in [1.807, 2.05) is 50.2 Å². The number of carbonyl (C=O) groups is 2. The topological polar surface area (TPSA) is 91.2 Å².